The molecule has 0 spiro atoms. The van der Waals surface area contributed by atoms with E-state index >= 15 is 0 Å². The first-order valence-corrected chi connectivity index (χ1v) is 8.23. The maximum Gasteiger partial charge on any atom is 0.335 e. The first-order chi connectivity index (χ1) is 10.9. The molecule has 2 heteroatoms. The number of esters is 1. The maximum atomic E-state index is 11.7. The molecule has 1 aromatic carbocycles. The van der Waals surface area contributed by atoms with Crippen LogP contribution in [0.1, 0.15) is 33.3 Å². The Morgan fingerprint density at radius 1 is 1.17 bits per heavy atom. The minimum atomic E-state index is -0.430. The SMILES string of the molecule is C=CC(=O)Oc1ccccc1C1(C(C)C)C=CC(C(C)C)C=C1. The third kappa shape index (κ3) is 3.47. The van der Waals surface area contributed by atoms with Crippen molar-refractivity contribution in [2.45, 2.75) is 33.1 Å². The van der Waals surface area contributed by atoms with Gasteiger partial charge in [0.1, 0.15) is 5.75 Å². The average molecular weight is 310 g/mol. The molecule has 0 atom stereocenters. The highest BCUT2D eigenvalue weighted by Crippen LogP contribution is 2.43. The van der Waals surface area contributed by atoms with Crippen LogP contribution in [0.5, 0.6) is 5.75 Å². The van der Waals surface area contributed by atoms with Crippen LogP contribution in [0.4, 0.5) is 0 Å². The molecule has 0 bridgehead atoms. The van der Waals surface area contributed by atoms with Crippen LogP contribution in [0.15, 0.2) is 61.2 Å². The van der Waals surface area contributed by atoms with Crippen molar-refractivity contribution in [2.75, 3.05) is 0 Å². The van der Waals surface area contributed by atoms with Crippen molar-refractivity contribution in [3.63, 3.8) is 0 Å². The lowest BCUT2D eigenvalue weighted by Gasteiger charge is -2.37. The molecule has 0 saturated heterocycles. The molecular weight excluding hydrogens is 284 g/mol. The fourth-order valence-electron chi connectivity index (χ4n) is 3.04. The predicted molar refractivity (Wildman–Crippen MR) is 95.4 cm³/mol. The minimum absolute atomic E-state index is 0.260. The Bertz CT molecular complexity index is 621. The van der Waals surface area contributed by atoms with Gasteiger partial charge in [0, 0.05) is 17.1 Å². The van der Waals surface area contributed by atoms with Crippen LogP contribution in [0.3, 0.4) is 0 Å². The van der Waals surface area contributed by atoms with Gasteiger partial charge in [-0.1, -0.05) is 76.8 Å². The van der Waals surface area contributed by atoms with Gasteiger partial charge in [-0.2, -0.15) is 0 Å². The minimum Gasteiger partial charge on any atom is -0.423 e. The van der Waals surface area contributed by atoms with E-state index in [9.17, 15) is 4.79 Å². The summed E-state index contributed by atoms with van der Waals surface area (Å²) in [4.78, 5) is 11.7. The summed E-state index contributed by atoms with van der Waals surface area (Å²) >= 11 is 0. The number of carbonyl (C=O) groups excluding carboxylic acids is 1. The zero-order chi connectivity index (χ0) is 17.0. The van der Waals surface area contributed by atoms with Gasteiger partial charge in [-0.25, -0.2) is 4.79 Å². The van der Waals surface area contributed by atoms with Crippen LogP contribution in [-0.4, -0.2) is 5.97 Å². The molecule has 1 aliphatic carbocycles. The highest BCUT2D eigenvalue weighted by molar-refractivity contribution is 5.83. The molecule has 2 rings (SSSR count). The second kappa shape index (κ2) is 6.99. The molecule has 0 aliphatic heterocycles. The van der Waals surface area contributed by atoms with E-state index in [2.05, 4.69) is 58.6 Å². The smallest absolute Gasteiger partial charge is 0.335 e. The number of hydrogen-bond acceptors (Lipinski definition) is 2. The molecule has 0 saturated carbocycles. The van der Waals surface area contributed by atoms with Gasteiger partial charge in [-0.3, -0.25) is 0 Å². The molecule has 0 N–H and O–H groups in total. The van der Waals surface area contributed by atoms with E-state index < -0.39 is 5.97 Å². The third-order valence-corrected chi connectivity index (χ3v) is 4.64. The molecule has 2 nitrogen and oxygen atoms in total. The van der Waals surface area contributed by atoms with E-state index in [1.54, 1.807) is 0 Å². The molecule has 0 unspecified atom stereocenters. The molecule has 0 fully saturated rings. The van der Waals surface area contributed by atoms with Crippen LogP contribution in [0.2, 0.25) is 0 Å². The summed E-state index contributed by atoms with van der Waals surface area (Å²) in [5.74, 6) is 1.53. The van der Waals surface area contributed by atoms with Crippen molar-refractivity contribution in [3.8, 4) is 5.75 Å². The van der Waals surface area contributed by atoms with E-state index in [-0.39, 0.29) is 5.41 Å². The van der Waals surface area contributed by atoms with Crippen LogP contribution in [-0.2, 0) is 10.2 Å². The lowest BCUT2D eigenvalue weighted by atomic mass is 9.67. The normalized spacial score (nSPS) is 23.3. The number of benzene rings is 1. The fraction of sp³-hybridized carbons (Fsp3) is 0.381. The van der Waals surface area contributed by atoms with Gasteiger partial charge < -0.3 is 4.74 Å². The Morgan fingerprint density at radius 3 is 2.30 bits per heavy atom. The molecule has 122 valence electrons. The van der Waals surface area contributed by atoms with E-state index in [4.69, 9.17) is 4.74 Å². The van der Waals surface area contributed by atoms with Crippen molar-refractivity contribution in [1.82, 2.24) is 0 Å². The van der Waals surface area contributed by atoms with Gasteiger partial charge in [0.2, 0.25) is 0 Å². The summed E-state index contributed by atoms with van der Waals surface area (Å²) in [6.45, 7) is 12.3. The molecule has 23 heavy (non-hydrogen) atoms. The van der Waals surface area contributed by atoms with Gasteiger partial charge in [0.15, 0.2) is 0 Å². The summed E-state index contributed by atoms with van der Waals surface area (Å²) in [5, 5.41) is 0. The number of hydrogen-bond donors (Lipinski definition) is 0. The Kier molecular flexibility index (Phi) is 5.25. The number of ether oxygens (including phenoxy) is 1. The van der Waals surface area contributed by atoms with Crippen molar-refractivity contribution in [1.29, 1.82) is 0 Å². The first-order valence-electron chi connectivity index (χ1n) is 8.23. The summed E-state index contributed by atoms with van der Waals surface area (Å²) in [6, 6.07) is 7.75. The van der Waals surface area contributed by atoms with Crippen molar-refractivity contribution >= 4 is 5.97 Å². The summed E-state index contributed by atoms with van der Waals surface area (Å²) < 4.78 is 5.47. The molecule has 0 radical (unpaired) electrons. The molecule has 0 aromatic heterocycles. The maximum absolute atomic E-state index is 11.7. The largest absolute Gasteiger partial charge is 0.423 e. The molecule has 1 aromatic rings. The van der Waals surface area contributed by atoms with E-state index in [1.807, 2.05) is 24.3 Å². The zero-order valence-corrected chi connectivity index (χ0v) is 14.5. The Hall–Kier alpha value is -2.09. The first kappa shape index (κ1) is 17.3. The van der Waals surface area contributed by atoms with Crippen LogP contribution >= 0.6 is 0 Å². The van der Waals surface area contributed by atoms with Gasteiger partial charge in [-0.15, -0.1) is 0 Å². The van der Waals surface area contributed by atoms with Gasteiger partial charge in [-0.05, 0) is 23.8 Å². The van der Waals surface area contributed by atoms with Gasteiger partial charge >= 0.3 is 5.97 Å². The summed E-state index contributed by atoms with van der Waals surface area (Å²) in [7, 11) is 0. The number of para-hydroxylation sites is 1. The monoisotopic (exact) mass is 310 g/mol. The van der Waals surface area contributed by atoms with Crippen molar-refractivity contribution in [2.24, 2.45) is 17.8 Å². The van der Waals surface area contributed by atoms with Crippen LogP contribution in [0.25, 0.3) is 0 Å². The van der Waals surface area contributed by atoms with Gasteiger partial charge in [0.25, 0.3) is 0 Å². The lowest BCUT2D eigenvalue weighted by Crippen LogP contribution is -2.31. The Morgan fingerprint density at radius 2 is 1.78 bits per heavy atom. The second-order valence-electron chi connectivity index (χ2n) is 6.75. The molecule has 0 heterocycles. The zero-order valence-electron chi connectivity index (χ0n) is 14.5. The highest BCUT2D eigenvalue weighted by Gasteiger charge is 2.35. The quantitative estimate of drug-likeness (QED) is 0.328. The number of rotatable bonds is 5. The fourth-order valence-corrected chi connectivity index (χ4v) is 3.04. The average Bonchev–Trinajstić information content (AvgIpc) is 2.55. The molecular formula is C21H26O2. The van der Waals surface area contributed by atoms with Gasteiger partial charge in [0.05, 0.1) is 0 Å². The van der Waals surface area contributed by atoms with E-state index in [0.29, 0.717) is 23.5 Å². The highest BCUT2D eigenvalue weighted by atomic mass is 16.5. The third-order valence-electron chi connectivity index (χ3n) is 4.64. The summed E-state index contributed by atoms with van der Waals surface area (Å²) in [5.41, 5.74) is 0.753. The second-order valence-corrected chi connectivity index (χ2v) is 6.75. The molecule has 1 aliphatic rings. The lowest BCUT2D eigenvalue weighted by molar-refractivity contribution is -0.129. The number of allylic oxidation sites excluding steroid dienone is 4. The molecule has 0 amide bonds. The van der Waals surface area contributed by atoms with E-state index in [1.165, 1.54) is 6.08 Å². The van der Waals surface area contributed by atoms with Crippen LogP contribution in [0, 0.1) is 17.8 Å². The van der Waals surface area contributed by atoms with Crippen LogP contribution < -0.4 is 4.74 Å². The standard InChI is InChI=1S/C21H26O2/c1-6-20(22)23-19-10-8-7-9-18(19)21(16(4)5)13-11-17(12-14-21)15(2)3/h6-17H,1H2,2-5H3. The predicted octanol–water partition coefficient (Wildman–Crippen LogP) is 5.07. The van der Waals surface area contributed by atoms with E-state index in [0.717, 1.165) is 5.56 Å². The number of carbonyl (C=O) groups is 1. The van der Waals surface area contributed by atoms with Crippen molar-refractivity contribution in [3.05, 3.63) is 66.8 Å². The topological polar surface area (TPSA) is 26.3 Å². The van der Waals surface area contributed by atoms with Crippen molar-refractivity contribution < 1.29 is 9.53 Å². The Balaban J connectivity index is 2.48. The summed E-state index contributed by atoms with van der Waals surface area (Å²) in [6.07, 6.45) is 10.3. The Labute approximate surface area is 139 Å².